The average Bonchev–Trinajstić information content (AvgIpc) is 2.86. The van der Waals surface area contributed by atoms with Gasteiger partial charge in [0, 0.05) is 5.92 Å². The lowest BCUT2D eigenvalue weighted by atomic mass is 9.82. The highest BCUT2D eigenvalue weighted by Gasteiger charge is 2.37. The molecule has 5 nitrogen and oxygen atoms in total. The standard InChI is InChI=1S/C14H24N2O3/c1-2-3-6-12(11-5-4-7-15-10-11)13(17)16-8-9-19-14(16)18/h11-12,15H,2-10H2,1H3. The van der Waals surface area contributed by atoms with Crippen molar-refractivity contribution in [3.8, 4) is 0 Å². The molecule has 0 aromatic carbocycles. The highest BCUT2D eigenvalue weighted by molar-refractivity contribution is 5.94. The molecule has 19 heavy (non-hydrogen) atoms. The van der Waals surface area contributed by atoms with Gasteiger partial charge in [0.15, 0.2) is 0 Å². The summed E-state index contributed by atoms with van der Waals surface area (Å²) in [6.45, 7) is 4.82. The van der Waals surface area contributed by atoms with E-state index < -0.39 is 6.09 Å². The summed E-state index contributed by atoms with van der Waals surface area (Å²) in [6, 6.07) is 0. The zero-order chi connectivity index (χ0) is 13.7. The van der Waals surface area contributed by atoms with E-state index in [-0.39, 0.29) is 11.8 Å². The molecule has 2 fully saturated rings. The summed E-state index contributed by atoms with van der Waals surface area (Å²) in [5, 5.41) is 3.36. The number of rotatable bonds is 5. The predicted molar refractivity (Wildman–Crippen MR) is 71.7 cm³/mol. The number of cyclic esters (lactones) is 1. The summed E-state index contributed by atoms with van der Waals surface area (Å²) in [7, 11) is 0. The first-order valence-electron chi connectivity index (χ1n) is 7.43. The minimum atomic E-state index is -0.463. The van der Waals surface area contributed by atoms with Crippen LogP contribution >= 0.6 is 0 Å². The van der Waals surface area contributed by atoms with Crippen LogP contribution in [0.15, 0.2) is 0 Å². The molecule has 0 radical (unpaired) electrons. The van der Waals surface area contributed by atoms with Gasteiger partial charge in [-0.2, -0.15) is 0 Å². The molecule has 2 heterocycles. The molecular formula is C14H24N2O3. The number of nitrogens with one attached hydrogen (secondary N) is 1. The molecule has 5 heteroatoms. The van der Waals surface area contributed by atoms with E-state index in [0.717, 1.165) is 45.2 Å². The van der Waals surface area contributed by atoms with Crippen molar-refractivity contribution >= 4 is 12.0 Å². The van der Waals surface area contributed by atoms with Gasteiger partial charge in [-0.25, -0.2) is 9.69 Å². The molecule has 2 unspecified atom stereocenters. The zero-order valence-electron chi connectivity index (χ0n) is 11.7. The smallest absolute Gasteiger partial charge is 0.416 e. The van der Waals surface area contributed by atoms with E-state index in [2.05, 4.69) is 12.2 Å². The van der Waals surface area contributed by atoms with Crippen molar-refractivity contribution in [1.82, 2.24) is 10.2 Å². The van der Waals surface area contributed by atoms with Gasteiger partial charge in [-0.05, 0) is 38.3 Å². The Morgan fingerprint density at radius 3 is 3.00 bits per heavy atom. The van der Waals surface area contributed by atoms with Crippen molar-refractivity contribution in [1.29, 1.82) is 0 Å². The molecular weight excluding hydrogens is 244 g/mol. The first kappa shape index (κ1) is 14.3. The Kier molecular flexibility index (Phi) is 5.19. The Morgan fingerprint density at radius 1 is 1.58 bits per heavy atom. The van der Waals surface area contributed by atoms with Crippen LogP contribution < -0.4 is 5.32 Å². The molecule has 1 N–H and O–H groups in total. The van der Waals surface area contributed by atoms with Gasteiger partial charge < -0.3 is 10.1 Å². The molecule has 2 rings (SSSR count). The third-order valence-electron chi connectivity index (χ3n) is 4.12. The molecule has 0 aliphatic carbocycles. The maximum Gasteiger partial charge on any atom is 0.416 e. The molecule has 108 valence electrons. The number of hydrogen-bond donors (Lipinski definition) is 1. The first-order valence-corrected chi connectivity index (χ1v) is 7.43. The normalized spacial score (nSPS) is 25.2. The van der Waals surface area contributed by atoms with Crippen molar-refractivity contribution < 1.29 is 14.3 Å². The topological polar surface area (TPSA) is 58.6 Å². The number of unbranched alkanes of at least 4 members (excludes halogenated alkanes) is 1. The second-order valence-electron chi connectivity index (χ2n) is 5.46. The van der Waals surface area contributed by atoms with Gasteiger partial charge in [0.25, 0.3) is 0 Å². The molecule has 2 saturated heterocycles. The van der Waals surface area contributed by atoms with Crippen LogP contribution in [0.2, 0.25) is 0 Å². The molecule has 0 bridgehead atoms. The molecule has 0 spiro atoms. The van der Waals surface area contributed by atoms with Crippen LogP contribution in [0, 0.1) is 11.8 Å². The molecule has 0 aromatic rings. The Balaban J connectivity index is 2.02. The van der Waals surface area contributed by atoms with Crippen LogP contribution in [0.4, 0.5) is 4.79 Å². The third kappa shape index (κ3) is 3.47. The molecule has 2 atom stereocenters. The Labute approximate surface area is 114 Å². The van der Waals surface area contributed by atoms with Crippen LogP contribution in [-0.4, -0.2) is 43.1 Å². The van der Waals surface area contributed by atoms with Crippen LogP contribution in [-0.2, 0) is 9.53 Å². The van der Waals surface area contributed by atoms with Gasteiger partial charge in [0.2, 0.25) is 5.91 Å². The average molecular weight is 268 g/mol. The summed E-state index contributed by atoms with van der Waals surface area (Å²) in [4.78, 5) is 25.4. The van der Waals surface area contributed by atoms with Gasteiger partial charge >= 0.3 is 6.09 Å². The molecule has 0 aromatic heterocycles. The molecule has 0 saturated carbocycles. The van der Waals surface area contributed by atoms with E-state index in [9.17, 15) is 9.59 Å². The van der Waals surface area contributed by atoms with E-state index in [1.807, 2.05) is 0 Å². The van der Waals surface area contributed by atoms with Crippen LogP contribution in [0.25, 0.3) is 0 Å². The summed E-state index contributed by atoms with van der Waals surface area (Å²) >= 11 is 0. The lowest BCUT2D eigenvalue weighted by molar-refractivity contribution is -0.134. The predicted octanol–water partition coefficient (Wildman–Crippen LogP) is 1.77. The van der Waals surface area contributed by atoms with Gasteiger partial charge in [0.1, 0.15) is 6.61 Å². The van der Waals surface area contributed by atoms with Crippen molar-refractivity contribution in [3.63, 3.8) is 0 Å². The van der Waals surface area contributed by atoms with Crippen LogP contribution in [0.1, 0.15) is 39.0 Å². The van der Waals surface area contributed by atoms with Crippen molar-refractivity contribution in [3.05, 3.63) is 0 Å². The Hall–Kier alpha value is -1.10. The Bertz CT molecular complexity index is 327. The van der Waals surface area contributed by atoms with Crippen molar-refractivity contribution in [2.45, 2.75) is 39.0 Å². The van der Waals surface area contributed by atoms with E-state index in [0.29, 0.717) is 19.1 Å². The summed E-state index contributed by atoms with van der Waals surface area (Å²) < 4.78 is 4.88. The quantitative estimate of drug-likeness (QED) is 0.825. The van der Waals surface area contributed by atoms with Crippen LogP contribution in [0.5, 0.6) is 0 Å². The second kappa shape index (κ2) is 6.89. The monoisotopic (exact) mass is 268 g/mol. The fourth-order valence-electron chi connectivity index (χ4n) is 3.00. The van der Waals surface area contributed by atoms with Gasteiger partial charge in [-0.3, -0.25) is 4.79 Å². The minimum absolute atomic E-state index is 0.0235. The van der Waals surface area contributed by atoms with E-state index in [1.165, 1.54) is 4.90 Å². The first-order chi connectivity index (χ1) is 9.24. The SMILES string of the molecule is CCCCC(C(=O)N1CCOC1=O)C1CCCNC1. The second-order valence-corrected chi connectivity index (χ2v) is 5.46. The third-order valence-corrected chi connectivity index (χ3v) is 4.12. The number of ether oxygens (including phenoxy) is 1. The minimum Gasteiger partial charge on any atom is -0.447 e. The largest absolute Gasteiger partial charge is 0.447 e. The molecule has 2 amide bonds. The molecule has 2 aliphatic rings. The number of carbonyl (C=O) groups excluding carboxylic acids is 2. The maximum absolute atomic E-state index is 12.6. The van der Waals surface area contributed by atoms with Crippen molar-refractivity contribution in [2.24, 2.45) is 11.8 Å². The molecule has 2 aliphatic heterocycles. The number of piperidine rings is 1. The lowest BCUT2D eigenvalue weighted by Crippen LogP contribution is -2.44. The van der Waals surface area contributed by atoms with Gasteiger partial charge in [-0.1, -0.05) is 19.8 Å². The number of nitrogens with zero attached hydrogens (tertiary/aromatic N) is 1. The number of hydrogen-bond acceptors (Lipinski definition) is 4. The number of carbonyl (C=O) groups is 2. The van der Waals surface area contributed by atoms with Gasteiger partial charge in [-0.15, -0.1) is 0 Å². The summed E-state index contributed by atoms with van der Waals surface area (Å²) in [5.41, 5.74) is 0. The van der Waals surface area contributed by atoms with E-state index in [1.54, 1.807) is 0 Å². The fraction of sp³-hybridized carbons (Fsp3) is 0.857. The maximum atomic E-state index is 12.6. The van der Waals surface area contributed by atoms with E-state index in [4.69, 9.17) is 4.74 Å². The number of amides is 2. The zero-order valence-corrected chi connectivity index (χ0v) is 11.7. The van der Waals surface area contributed by atoms with E-state index >= 15 is 0 Å². The van der Waals surface area contributed by atoms with Crippen molar-refractivity contribution in [2.75, 3.05) is 26.2 Å². The lowest BCUT2D eigenvalue weighted by Gasteiger charge is -2.31. The van der Waals surface area contributed by atoms with Gasteiger partial charge in [0.05, 0.1) is 6.54 Å². The number of imide groups is 1. The Morgan fingerprint density at radius 2 is 2.42 bits per heavy atom. The van der Waals surface area contributed by atoms with Crippen LogP contribution in [0.3, 0.4) is 0 Å². The highest BCUT2D eigenvalue weighted by Crippen LogP contribution is 2.27. The highest BCUT2D eigenvalue weighted by atomic mass is 16.6. The summed E-state index contributed by atoms with van der Waals surface area (Å²) in [6.07, 6.45) is 4.73. The fourth-order valence-corrected chi connectivity index (χ4v) is 3.00. The summed E-state index contributed by atoms with van der Waals surface area (Å²) in [5.74, 6) is 0.309.